The van der Waals surface area contributed by atoms with Crippen molar-refractivity contribution in [3.05, 3.63) is 50.1 Å². The molecule has 0 spiro atoms. The lowest BCUT2D eigenvalue weighted by Crippen LogP contribution is -2.11. The minimum absolute atomic E-state index is 0.0720. The summed E-state index contributed by atoms with van der Waals surface area (Å²) in [4.78, 5) is 1.21. The monoisotopic (exact) mass is 311 g/mol. The van der Waals surface area contributed by atoms with Crippen molar-refractivity contribution in [2.24, 2.45) is 5.73 Å². The molecule has 1 aromatic carbocycles. The molecule has 0 fully saturated rings. The fourth-order valence-electron chi connectivity index (χ4n) is 1.73. The Kier molecular flexibility index (Phi) is 3.86. The van der Waals surface area contributed by atoms with Gasteiger partial charge in [0.05, 0.1) is 17.6 Å². The molecule has 0 saturated carbocycles. The van der Waals surface area contributed by atoms with E-state index in [1.807, 2.05) is 18.2 Å². The second kappa shape index (κ2) is 5.21. The van der Waals surface area contributed by atoms with Crippen LogP contribution in [0.5, 0.6) is 5.75 Å². The van der Waals surface area contributed by atoms with Gasteiger partial charge >= 0.3 is 0 Å². The number of rotatable bonds is 3. The van der Waals surface area contributed by atoms with Crippen molar-refractivity contribution < 1.29 is 4.74 Å². The van der Waals surface area contributed by atoms with Crippen LogP contribution >= 0.6 is 27.3 Å². The zero-order valence-corrected chi connectivity index (χ0v) is 12.1. The van der Waals surface area contributed by atoms with Crippen LogP contribution in [0.25, 0.3) is 0 Å². The molecule has 2 rings (SSSR count). The maximum Gasteiger partial charge on any atom is 0.133 e. The van der Waals surface area contributed by atoms with E-state index in [1.165, 1.54) is 10.4 Å². The number of ether oxygens (including phenoxy) is 1. The van der Waals surface area contributed by atoms with Gasteiger partial charge in [-0.2, -0.15) is 0 Å². The third-order valence-corrected chi connectivity index (χ3v) is 4.44. The van der Waals surface area contributed by atoms with E-state index in [1.54, 1.807) is 18.4 Å². The predicted octanol–water partition coefficient (Wildman–Crippen LogP) is 3.88. The SMILES string of the molecule is COc1ccc(C(N)c2sccc2C)cc1Br. The van der Waals surface area contributed by atoms with E-state index in [9.17, 15) is 0 Å². The lowest BCUT2D eigenvalue weighted by Gasteiger charge is -2.13. The highest BCUT2D eigenvalue weighted by molar-refractivity contribution is 9.10. The van der Waals surface area contributed by atoms with E-state index in [-0.39, 0.29) is 6.04 Å². The zero-order chi connectivity index (χ0) is 12.4. The van der Waals surface area contributed by atoms with Gasteiger partial charge in [0.25, 0.3) is 0 Å². The molecule has 0 aliphatic carbocycles. The first-order chi connectivity index (χ1) is 8.13. The Labute approximate surface area is 114 Å². The van der Waals surface area contributed by atoms with Crippen molar-refractivity contribution in [1.82, 2.24) is 0 Å². The van der Waals surface area contributed by atoms with Crippen LogP contribution in [0.15, 0.2) is 34.1 Å². The van der Waals surface area contributed by atoms with Gasteiger partial charge in [-0.3, -0.25) is 0 Å². The van der Waals surface area contributed by atoms with E-state index in [2.05, 4.69) is 34.3 Å². The van der Waals surface area contributed by atoms with Gasteiger partial charge in [0.2, 0.25) is 0 Å². The van der Waals surface area contributed by atoms with Crippen LogP contribution in [0.3, 0.4) is 0 Å². The number of thiophene rings is 1. The van der Waals surface area contributed by atoms with Crippen LogP contribution < -0.4 is 10.5 Å². The summed E-state index contributed by atoms with van der Waals surface area (Å²) >= 11 is 5.18. The number of hydrogen-bond donors (Lipinski definition) is 1. The number of nitrogens with two attached hydrogens (primary N) is 1. The molecule has 2 aromatic rings. The van der Waals surface area contributed by atoms with E-state index >= 15 is 0 Å². The lowest BCUT2D eigenvalue weighted by molar-refractivity contribution is 0.412. The Bertz CT molecular complexity index is 524. The Morgan fingerprint density at radius 2 is 2.12 bits per heavy atom. The van der Waals surface area contributed by atoms with Crippen molar-refractivity contribution in [1.29, 1.82) is 0 Å². The molecule has 0 amide bonds. The number of methoxy groups -OCH3 is 1. The van der Waals surface area contributed by atoms with Gasteiger partial charge in [-0.25, -0.2) is 0 Å². The van der Waals surface area contributed by atoms with E-state index < -0.39 is 0 Å². The van der Waals surface area contributed by atoms with Crippen LogP contribution in [-0.4, -0.2) is 7.11 Å². The van der Waals surface area contributed by atoms with E-state index in [0.29, 0.717) is 0 Å². The van der Waals surface area contributed by atoms with Crippen molar-refractivity contribution in [3.63, 3.8) is 0 Å². The molecule has 1 atom stereocenters. The van der Waals surface area contributed by atoms with Gasteiger partial charge in [-0.05, 0) is 57.6 Å². The maximum atomic E-state index is 6.27. The third kappa shape index (κ3) is 2.54. The quantitative estimate of drug-likeness (QED) is 0.933. The van der Waals surface area contributed by atoms with Gasteiger partial charge in [0, 0.05) is 4.88 Å². The molecule has 0 saturated heterocycles. The zero-order valence-electron chi connectivity index (χ0n) is 9.74. The Hall–Kier alpha value is -0.840. The molecule has 2 N–H and O–H groups in total. The van der Waals surface area contributed by atoms with Crippen LogP contribution in [0.2, 0.25) is 0 Å². The Morgan fingerprint density at radius 3 is 2.65 bits per heavy atom. The molecule has 90 valence electrons. The molecular weight excluding hydrogens is 298 g/mol. The normalized spacial score (nSPS) is 12.5. The summed E-state index contributed by atoms with van der Waals surface area (Å²) in [5.74, 6) is 0.823. The molecular formula is C13H14BrNOS. The van der Waals surface area contributed by atoms with E-state index in [4.69, 9.17) is 10.5 Å². The standard InChI is InChI=1S/C13H14BrNOS/c1-8-5-6-17-13(8)12(15)9-3-4-11(16-2)10(14)7-9/h3-7,12H,15H2,1-2H3. The average molecular weight is 312 g/mol. The predicted molar refractivity (Wildman–Crippen MR) is 75.8 cm³/mol. The number of hydrogen-bond acceptors (Lipinski definition) is 3. The maximum absolute atomic E-state index is 6.27. The second-order valence-electron chi connectivity index (χ2n) is 3.84. The molecule has 0 bridgehead atoms. The van der Waals surface area contributed by atoms with Crippen molar-refractivity contribution in [2.45, 2.75) is 13.0 Å². The number of aryl methyl sites for hydroxylation is 1. The summed E-state index contributed by atoms with van der Waals surface area (Å²) in [5, 5.41) is 2.07. The molecule has 1 unspecified atom stereocenters. The first-order valence-electron chi connectivity index (χ1n) is 5.26. The fourth-order valence-corrected chi connectivity index (χ4v) is 3.24. The highest BCUT2D eigenvalue weighted by Crippen LogP contribution is 2.32. The topological polar surface area (TPSA) is 35.2 Å². The summed E-state index contributed by atoms with van der Waals surface area (Å²) in [7, 11) is 1.66. The molecule has 0 radical (unpaired) electrons. The van der Waals surface area contributed by atoms with Crippen LogP contribution in [0, 0.1) is 6.92 Å². The van der Waals surface area contributed by atoms with E-state index in [0.717, 1.165) is 15.8 Å². The summed E-state index contributed by atoms with van der Waals surface area (Å²) < 4.78 is 6.14. The Morgan fingerprint density at radius 1 is 1.35 bits per heavy atom. The van der Waals surface area contributed by atoms with Gasteiger partial charge in [-0.1, -0.05) is 6.07 Å². The van der Waals surface area contributed by atoms with Crippen LogP contribution in [0.1, 0.15) is 22.0 Å². The largest absolute Gasteiger partial charge is 0.496 e. The molecule has 0 aliphatic rings. The van der Waals surface area contributed by atoms with Gasteiger partial charge in [0.1, 0.15) is 5.75 Å². The van der Waals surface area contributed by atoms with Crippen molar-refractivity contribution in [2.75, 3.05) is 7.11 Å². The summed E-state index contributed by atoms with van der Waals surface area (Å²) in [6.45, 7) is 2.09. The molecule has 0 aliphatic heterocycles. The highest BCUT2D eigenvalue weighted by Gasteiger charge is 2.14. The Balaban J connectivity index is 2.35. The van der Waals surface area contributed by atoms with Crippen LogP contribution in [-0.2, 0) is 0 Å². The van der Waals surface area contributed by atoms with Crippen LogP contribution in [0.4, 0.5) is 0 Å². The first kappa shape index (κ1) is 12.6. The molecule has 2 nitrogen and oxygen atoms in total. The number of benzene rings is 1. The van der Waals surface area contributed by atoms with Crippen molar-refractivity contribution >= 4 is 27.3 Å². The fraction of sp³-hybridized carbons (Fsp3) is 0.231. The summed E-state index contributed by atoms with van der Waals surface area (Å²) in [6, 6.07) is 7.98. The smallest absolute Gasteiger partial charge is 0.133 e. The first-order valence-corrected chi connectivity index (χ1v) is 6.93. The number of halogens is 1. The highest BCUT2D eigenvalue weighted by atomic mass is 79.9. The van der Waals surface area contributed by atoms with Gasteiger partial charge in [-0.15, -0.1) is 11.3 Å². The average Bonchev–Trinajstić information content (AvgIpc) is 2.74. The third-order valence-electron chi connectivity index (χ3n) is 2.72. The summed E-state index contributed by atoms with van der Waals surface area (Å²) in [6.07, 6.45) is 0. The van der Waals surface area contributed by atoms with Gasteiger partial charge in [0.15, 0.2) is 0 Å². The van der Waals surface area contributed by atoms with Gasteiger partial charge < -0.3 is 10.5 Å². The minimum atomic E-state index is -0.0720. The molecule has 4 heteroatoms. The minimum Gasteiger partial charge on any atom is -0.496 e. The summed E-state index contributed by atoms with van der Waals surface area (Å²) in [5.41, 5.74) is 8.60. The lowest BCUT2D eigenvalue weighted by atomic mass is 10.0. The second-order valence-corrected chi connectivity index (χ2v) is 5.64. The molecule has 1 aromatic heterocycles. The molecule has 1 heterocycles. The molecule has 17 heavy (non-hydrogen) atoms. The van der Waals surface area contributed by atoms with Crippen molar-refractivity contribution in [3.8, 4) is 5.75 Å².